The summed E-state index contributed by atoms with van der Waals surface area (Å²) in [5, 5.41) is 1.20. The minimum atomic E-state index is 0.389. The Bertz CT molecular complexity index is 1120. The Balaban J connectivity index is 1.35. The molecule has 3 nitrogen and oxygen atoms in total. The molecule has 152 valence electrons. The summed E-state index contributed by atoms with van der Waals surface area (Å²) in [4.78, 5) is 3.58. The van der Waals surface area contributed by atoms with Gasteiger partial charge in [-0.3, -0.25) is 0 Å². The van der Waals surface area contributed by atoms with Gasteiger partial charge in [-0.25, -0.2) is 0 Å². The first-order valence-corrected chi connectivity index (χ1v) is 10.8. The highest BCUT2D eigenvalue weighted by atomic mass is 16.5. The van der Waals surface area contributed by atoms with E-state index >= 15 is 0 Å². The molecule has 0 radical (unpaired) electrons. The molecule has 1 fully saturated rings. The molecule has 0 aliphatic heterocycles. The smallest absolute Gasteiger partial charge is 0.120 e. The van der Waals surface area contributed by atoms with Crippen LogP contribution in [-0.2, 0) is 6.61 Å². The Morgan fingerprint density at radius 1 is 0.867 bits per heavy atom. The molecule has 1 N–H and O–H groups in total. The van der Waals surface area contributed by atoms with Crippen molar-refractivity contribution in [1.82, 2.24) is 4.98 Å². The molecule has 5 rings (SSSR count). The summed E-state index contributed by atoms with van der Waals surface area (Å²) in [6.07, 6.45) is 5.32. The summed E-state index contributed by atoms with van der Waals surface area (Å²) in [6.45, 7) is 2.74. The highest BCUT2D eigenvalue weighted by Gasteiger charge is 2.17. The van der Waals surface area contributed by atoms with Crippen LogP contribution in [-0.4, -0.2) is 11.1 Å². The molecule has 0 unspecified atom stereocenters. The summed E-state index contributed by atoms with van der Waals surface area (Å²) >= 11 is 0. The van der Waals surface area contributed by atoms with Crippen LogP contribution in [0.25, 0.3) is 22.2 Å². The molecule has 1 heterocycles. The molecule has 1 aliphatic rings. The number of nitrogens with one attached hydrogen (secondary N) is 1. The molecular weight excluding hydrogens is 370 g/mol. The maximum atomic E-state index is 6.11. The van der Waals surface area contributed by atoms with E-state index in [0.29, 0.717) is 12.7 Å². The third kappa shape index (κ3) is 3.93. The fourth-order valence-corrected chi connectivity index (χ4v) is 4.32. The molecule has 0 saturated heterocycles. The zero-order valence-corrected chi connectivity index (χ0v) is 17.4. The van der Waals surface area contributed by atoms with Crippen LogP contribution in [0.5, 0.6) is 11.5 Å². The SMILES string of the molecule is Cc1c(-c2ccc(OC3CCCC3)cc2)[nH]c2ccc(OCc3ccccc3)cc12. The zero-order chi connectivity index (χ0) is 20.3. The van der Waals surface area contributed by atoms with Gasteiger partial charge in [0.05, 0.1) is 6.10 Å². The Hall–Kier alpha value is -3.20. The van der Waals surface area contributed by atoms with Crippen molar-refractivity contribution in [2.45, 2.75) is 45.3 Å². The minimum absolute atomic E-state index is 0.389. The van der Waals surface area contributed by atoms with E-state index in [1.54, 1.807) is 0 Å². The van der Waals surface area contributed by atoms with Crippen molar-refractivity contribution in [3.05, 3.63) is 83.9 Å². The normalized spacial score (nSPS) is 14.3. The van der Waals surface area contributed by atoms with Gasteiger partial charge in [0.1, 0.15) is 18.1 Å². The number of aromatic amines is 1. The summed E-state index contributed by atoms with van der Waals surface area (Å²) in [5.41, 5.74) is 5.86. The third-order valence-corrected chi connectivity index (χ3v) is 6.03. The number of fused-ring (bicyclic) bond motifs is 1. The largest absolute Gasteiger partial charge is 0.490 e. The predicted octanol–water partition coefficient (Wildman–Crippen LogP) is 7.04. The van der Waals surface area contributed by atoms with Gasteiger partial charge in [-0.1, -0.05) is 30.3 Å². The van der Waals surface area contributed by atoms with Gasteiger partial charge in [-0.05, 0) is 91.8 Å². The lowest BCUT2D eigenvalue weighted by molar-refractivity contribution is 0.210. The van der Waals surface area contributed by atoms with Crippen LogP contribution in [0.3, 0.4) is 0 Å². The number of hydrogen-bond acceptors (Lipinski definition) is 2. The third-order valence-electron chi connectivity index (χ3n) is 6.03. The number of ether oxygens (including phenoxy) is 2. The van der Waals surface area contributed by atoms with Gasteiger partial charge in [0.2, 0.25) is 0 Å². The molecule has 30 heavy (non-hydrogen) atoms. The standard InChI is InChI=1S/C27H27NO2/c1-19-25-17-24(29-18-20-7-3-2-4-8-20)15-16-26(25)28-27(19)21-11-13-23(14-12-21)30-22-9-5-6-10-22/h2-4,7-8,11-17,22,28H,5-6,9-10,18H2,1H3. The number of benzene rings is 3. The van der Waals surface area contributed by atoms with Gasteiger partial charge in [0.15, 0.2) is 0 Å². The lowest BCUT2D eigenvalue weighted by atomic mass is 10.1. The van der Waals surface area contributed by atoms with E-state index in [9.17, 15) is 0 Å². The van der Waals surface area contributed by atoms with Crippen LogP contribution < -0.4 is 9.47 Å². The van der Waals surface area contributed by atoms with Crippen molar-refractivity contribution in [3.63, 3.8) is 0 Å². The molecule has 3 aromatic carbocycles. The maximum absolute atomic E-state index is 6.11. The molecule has 0 spiro atoms. The fourth-order valence-electron chi connectivity index (χ4n) is 4.32. The van der Waals surface area contributed by atoms with Crippen LogP contribution in [0.4, 0.5) is 0 Å². The van der Waals surface area contributed by atoms with Crippen molar-refractivity contribution < 1.29 is 9.47 Å². The monoisotopic (exact) mass is 397 g/mol. The van der Waals surface area contributed by atoms with Crippen LogP contribution >= 0.6 is 0 Å². The number of aryl methyl sites for hydroxylation is 1. The molecule has 4 aromatic rings. The topological polar surface area (TPSA) is 34.2 Å². The van der Waals surface area contributed by atoms with E-state index in [1.165, 1.54) is 47.8 Å². The summed E-state index contributed by atoms with van der Waals surface area (Å²) < 4.78 is 12.1. The zero-order valence-electron chi connectivity index (χ0n) is 17.4. The van der Waals surface area contributed by atoms with E-state index in [4.69, 9.17) is 9.47 Å². The van der Waals surface area contributed by atoms with Gasteiger partial charge in [-0.15, -0.1) is 0 Å². The highest BCUT2D eigenvalue weighted by Crippen LogP contribution is 2.33. The first-order chi connectivity index (χ1) is 14.8. The summed E-state index contributed by atoms with van der Waals surface area (Å²) in [7, 11) is 0. The first-order valence-electron chi connectivity index (χ1n) is 10.8. The molecule has 0 amide bonds. The molecule has 3 heteroatoms. The van der Waals surface area contributed by atoms with E-state index in [1.807, 2.05) is 24.3 Å². The fraction of sp³-hybridized carbons (Fsp3) is 0.259. The minimum Gasteiger partial charge on any atom is -0.490 e. The van der Waals surface area contributed by atoms with Crippen LogP contribution in [0.15, 0.2) is 72.8 Å². The first kappa shape index (κ1) is 18.8. The average Bonchev–Trinajstić information content (AvgIpc) is 3.41. The lowest BCUT2D eigenvalue weighted by Gasteiger charge is -2.13. The second kappa shape index (κ2) is 8.27. The van der Waals surface area contributed by atoms with E-state index in [-0.39, 0.29) is 0 Å². The van der Waals surface area contributed by atoms with Gasteiger partial charge in [0, 0.05) is 16.6 Å². The molecular formula is C27H27NO2. The van der Waals surface area contributed by atoms with Gasteiger partial charge < -0.3 is 14.5 Å². The van der Waals surface area contributed by atoms with Gasteiger partial charge in [-0.2, -0.15) is 0 Å². The lowest BCUT2D eigenvalue weighted by Crippen LogP contribution is -2.10. The Morgan fingerprint density at radius 2 is 1.60 bits per heavy atom. The number of hydrogen-bond donors (Lipinski definition) is 1. The van der Waals surface area contributed by atoms with Crippen molar-refractivity contribution in [3.8, 4) is 22.8 Å². The number of rotatable bonds is 6. The van der Waals surface area contributed by atoms with Crippen molar-refractivity contribution >= 4 is 10.9 Å². The van der Waals surface area contributed by atoms with Crippen molar-refractivity contribution in [2.24, 2.45) is 0 Å². The van der Waals surface area contributed by atoms with E-state index < -0.39 is 0 Å². The molecule has 1 aliphatic carbocycles. The van der Waals surface area contributed by atoms with E-state index in [0.717, 1.165) is 22.7 Å². The quantitative estimate of drug-likeness (QED) is 0.378. The highest BCUT2D eigenvalue weighted by molar-refractivity contribution is 5.91. The Morgan fingerprint density at radius 3 is 2.37 bits per heavy atom. The summed E-state index contributed by atoms with van der Waals surface area (Å²) in [6, 6.07) is 25.0. The Kier molecular flexibility index (Phi) is 5.18. The van der Waals surface area contributed by atoms with Crippen molar-refractivity contribution in [1.29, 1.82) is 0 Å². The second-order valence-electron chi connectivity index (χ2n) is 8.16. The van der Waals surface area contributed by atoms with Crippen LogP contribution in [0.1, 0.15) is 36.8 Å². The predicted molar refractivity (Wildman–Crippen MR) is 122 cm³/mol. The van der Waals surface area contributed by atoms with E-state index in [2.05, 4.69) is 60.4 Å². The van der Waals surface area contributed by atoms with Gasteiger partial charge in [0.25, 0.3) is 0 Å². The maximum Gasteiger partial charge on any atom is 0.120 e. The number of H-pyrrole nitrogens is 1. The number of aromatic nitrogens is 1. The molecule has 1 aromatic heterocycles. The molecule has 0 atom stereocenters. The average molecular weight is 398 g/mol. The molecule has 0 bridgehead atoms. The molecule has 1 saturated carbocycles. The summed E-state index contributed by atoms with van der Waals surface area (Å²) in [5.74, 6) is 1.86. The van der Waals surface area contributed by atoms with Crippen LogP contribution in [0, 0.1) is 6.92 Å². The van der Waals surface area contributed by atoms with Gasteiger partial charge >= 0.3 is 0 Å². The van der Waals surface area contributed by atoms with Crippen LogP contribution in [0.2, 0.25) is 0 Å². The second-order valence-corrected chi connectivity index (χ2v) is 8.16. The Labute approximate surface area is 177 Å². The van der Waals surface area contributed by atoms with Crippen molar-refractivity contribution in [2.75, 3.05) is 0 Å².